The number of hydrogen-bond donors (Lipinski definition) is 1. The lowest BCUT2D eigenvalue weighted by molar-refractivity contribution is -0.152. The number of aromatic nitrogens is 2. The van der Waals surface area contributed by atoms with Crippen LogP contribution in [0.2, 0.25) is 0 Å². The van der Waals surface area contributed by atoms with Gasteiger partial charge in [-0.05, 0) is 31.5 Å². The number of nitrogens with zero attached hydrogens (tertiary/aromatic N) is 2. The van der Waals surface area contributed by atoms with Crippen LogP contribution in [-0.4, -0.2) is 27.4 Å². The Bertz CT molecular complexity index is 855. The van der Waals surface area contributed by atoms with E-state index in [9.17, 15) is 9.59 Å². The van der Waals surface area contributed by atoms with E-state index in [4.69, 9.17) is 4.74 Å². The van der Waals surface area contributed by atoms with Crippen molar-refractivity contribution in [3.8, 4) is 0 Å². The van der Waals surface area contributed by atoms with Gasteiger partial charge in [0.15, 0.2) is 11.1 Å². The summed E-state index contributed by atoms with van der Waals surface area (Å²) in [5, 5.41) is 4.65. The summed E-state index contributed by atoms with van der Waals surface area (Å²) >= 11 is 1.49. The summed E-state index contributed by atoms with van der Waals surface area (Å²) < 4.78 is 7.04. The molecule has 3 rings (SSSR count). The van der Waals surface area contributed by atoms with Crippen molar-refractivity contribution in [1.29, 1.82) is 0 Å². The van der Waals surface area contributed by atoms with Crippen LogP contribution in [0.25, 0.3) is 4.96 Å². The van der Waals surface area contributed by atoms with Gasteiger partial charge < -0.3 is 10.1 Å². The second-order valence-electron chi connectivity index (χ2n) is 5.49. The summed E-state index contributed by atoms with van der Waals surface area (Å²) in [4.78, 5) is 29.2. The number of imidazole rings is 1. The molecule has 1 N–H and O–H groups in total. The Kier molecular flexibility index (Phi) is 4.61. The van der Waals surface area contributed by atoms with E-state index in [2.05, 4.69) is 10.3 Å². The van der Waals surface area contributed by atoms with E-state index in [1.807, 2.05) is 41.1 Å². The van der Waals surface area contributed by atoms with Gasteiger partial charge in [-0.1, -0.05) is 12.1 Å². The molecule has 0 bridgehead atoms. The molecule has 124 valence electrons. The first-order chi connectivity index (χ1) is 11.5. The maximum Gasteiger partial charge on any atom is 0.312 e. The zero-order valence-electron chi connectivity index (χ0n) is 13.4. The molecular weight excluding hydrogens is 326 g/mol. The van der Waals surface area contributed by atoms with E-state index >= 15 is 0 Å². The lowest BCUT2D eigenvalue weighted by Crippen LogP contribution is -2.30. The lowest BCUT2D eigenvalue weighted by Gasteiger charge is -2.13. The van der Waals surface area contributed by atoms with Gasteiger partial charge in [-0.2, -0.15) is 0 Å². The summed E-state index contributed by atoms with van der Waals surface area (Å²) in [6.45, 7) is 3.49. The normalized spacial score (nSPS) is 12.1. The molecule has 2 heterocycles. The zero-order chi connectivity index (χ0) is 17.1. The monoisotopic (exact) mass is 343 g/mol. The quantitative estimate of drug-likeness (QED) is 0.723. The second kappa shape index (κ2) is 6.84. The first-order valence-corrected chi connectivity index (χ1v) is 8.37. The summed E-state index contributed by atoms with van der Waals surface area (Å²) in [5.74, 6) is -0.840. The lowest BCUT2D eigenvalue weighted by atomic mass is 10.2. The molecule has 0 unspecified atom stereocenters. The fraction of sp³-hybridized carbons (Fsp3) is 0.235. The third-order valence-electron chi connectivity index (χ3n) is 3.43. The van der Waals surface area contributed by atoms with Crippen LogP contribution in [0.3, 0.4) is 0 Å². The number of fused-ring (bicyclic) bond motifs is 1. The molecule has 1 atom stereocenters. The standard InChI is InChI=1S/C17H17N3O3S/c1-11-4-3-5-13(8-11)18-16(22)12(2)23-15(21)9-14-10-20-6-7-24-17(20)19-14/h3-8,10,12H,9H2,1-2H3,(H,18,22)/t12-/m0/s1. The van der Waals surface area contributed by atoms with Gasteiger partial charge in [0.1, 0.15) is 0 Å². The molecule has 1 aromatic carbocycles. The summed E-state index contributed by atoms with van der Waals surface area (Å²) in [6, 6.07) is 7.43. The van der Waals surface area contributed by atoms with Crippen LogP contribution in [0.15, 0.2) is 42.0 Å². The van der Waals surface area contributed by atoms with Gasteiger partial charge >= 0.3 is 5.97 Å². The van der Waals surface area contributed by atoms with Gasteiger partial charge in [0.25, 0.3) is 5.91 Å². The molecule has 0 fully saturated rings. The summed E-state index contributed by atoms with van der Waals surface area (Å²) in [5.41, 5.74) is 2.34. The van der Waals surface area contributed by atoms with E-state index in [0.29, 0.717) is 11.4 Å². The average Bonchev–Trinajstić information content (AvgIpc) is 3.08. The van der Waals surface area contributed by atoms with Gasteiger partial charge in [0.05, 0.1) is 12.1 Å². The Labute approximate surface area is 143 Å². The van der Waals surface area contributed by atoms with Crippen LogP contribution in [0, 0.1) is 6.92 Å². The van der Waals surface area contributed by atoms with Crippen LogP contribution >= 0.6 is 11.3 Å². The highest BCUT2D eigenvalue weighted by molar-refractivity contribution is 7.15. The van der Waals surface area contributed by atoms with Crippen molar-refractivity contribution >= 4 is 33.9 Å². The number of esters is 1. The third-order valence-corrected chi connectivity index (χ3v) is 4.20. The average molecular weight is 343 g/mol. The predicted octanol–water partition coefficient (Wildman–Crippen LogP) is 2.82. The number of amides is 1. The van der Waals surface area contributed by atoms with Crippen LogP contribution in [0.5, 0.6) is 0 Å². The summed E-state index contributed by atoms with van der Waals surface area (Å²) in [7, 11) is 0. The van der Waals surface area contributed by atoms with E-state index in [1.54, 1.807) is 19.2 Å². The number of ether oxygens (including phenoxy) is 1. The molecule has 24 heavy (non-hydrogen) atoms. The second-order valence-corrected chi connectivity index (χ2v) is 6.37. The molecule has 6 nitrogen and oxygen atoms in total. The van der Waals surface area contributed by atoms with E-state index in [1.165, 1.54) is 11.3 Å². The highest BCUT2D eigenvalue weighted by Gasteiger charge is 2.19. The van der Waals surface area contributed by atoms with Crippen molar-refractivity contribution in [3.05, 3.63) is 53.3 Å². The Morgan fingerprint density at radius 1 is 1.42 bits per heavy atom. The van der Waals surface area contributed by atoms with E-state index < -0.39 is 12.1 Å². The molecule has 2 aromatic heterocycles. The number of rotatable bonds is 5. The molecule has 7 heteroatoms. The molecule has 0 aliphatic rings. The third kappa shape index (κ3) is 3.80. The molecule has 0 aliphatic carbocycles. The number of carbonyl (C=O) groups excluding carboxylic acids is 2. The fourth-order valence-electron chi connectivity index (χ4n) is 2.27. The Hall–Kier alpha value is -2.67. The first-order valence-electron chi connectivity index (χ1n) is 7.49. The minimum absolute atomic E-state index is 0.0382. The van der Waals surface area contributed by atoms with E-state index in [-0.39, 0.29) is 12.3 Å². The Morgan fingerprint density at radius 2 is 2.25 bits per heavy atom. The molecular formula is C17H17N3O3S. The number of nitrogens with one attached hydrogen (secondary N) is 1. The van der Waals surface area contributed by atoms with Gasteiger partial charge in [-0.3, -0.25) is 14.0 Å². The minimum Gasteiger partial charge on any atom is -0.452 e. The number of aryl methyl sites for hydroxylation is 1. The van der Waals surface area contributed by atoms with Gasteiger partial charge in [0, 0.05) is 23.5 Å². The maximum absolute atomic E-state index is 12.1. The molecule has 0 saturated heterocycles. The van der Waals surface area contributed by atoms with Crippen LogP contribution in [0.1, 0.15) is 18.2 Å². The predicted molar refractivity (Wildman–Crippen MR) is 92.1 cm³/mol. The Balaban J connectivity index is 1.55. The van der Waals surface area contributed by atoms with Crippen LogP contribution in [-0.2, 0) is 20.7 Å². The van der Waals surface area contributed by atoms with E-state index in [0.717, 1.165) is 10.5 Å². The SMILES string of the molecule is Cc1cccc(NC(=O)[C@H](C)OC(=O)Cc2cn3ccsc3n2)c1. The van der Waals surface area contributed by atoms with Crippen LogP contribution < -0.4 is 5.32 Å². The number of thiazole rings is 1. The first kappa shape index (κ1) is 16.2. The molecule has 0 aliphatic heterocycles. The molecule has 3 aromatic rings. The van der Waals surface area contributed by atoms with Crippen molar-refractivity contribution in [2.45, 2.75) is 26.4 Å². The largest absolute Gasteiger partial charge is 0.452 e. The highest BCUT2D eigenvalue weighted by Crippen LogP contribution is 2.13. The Morgan fingerprint density at radius 3 is 3.00 bits per heavy atom. The van der Waals surface area contributed by atoms with Gasteiger partial charge in [0.2, 0.25) is 0 Å². The fourth-order valence-corrected chi connectivity index (χ4v) is 2.99. The van der Waals surface area contributed by atoms with Crippen molar-refractivity contribution in [1.82, 2.24) is 9.38 Å². The van der Waals surface area contributed by atoms with Crippen molar-refractivity contribution in [2.75, 3.05) is 5.32 Å². The summed E-state index contributed by atoms with van der Waals surface area (Å²) in [6.07, 6.45) is 2.82. The molecule has 0 spiro atoms. The topological polar surface area (TPSA) is 72.7 Å². The number of anilines is 1. The number of carbonyl (C=O) groups is 2. The highest BCUT2D eigenvalue weighted by atomic mass is 32.1. The maximum atomic E-state index is 12.1. The van der Waals surface area contributed by atoms with Crippen molar-refractivity contribution in [3.63, 3.8) is 0 Å². The smallest absolute Gasteiger partial charge is 0.312 e. The van der Waals surface area contributed by atoms with Gasteiger partial charge in [-0.15, -0.1) is 11.3 Å². The number of hydrogen-bond acceptors (Lipinski definition) is 5. The van der Waals surface area contributed by atoms with Gasteiger partial charge in [-0.25, -0.2) is 4.98 Å². The van der Waals surface area contributed by atoms with Crippen molar-refractivity contribution in [2.24, 2.45) is 0 Å². The number of benzene rings is 1. The zero-order valence-corrected chi connectivity index (χ0v) is 14.2. The van der Waals surface area contributed by atoms with Crippen LogP contribution in [0.4, 0.5) is 5.69 Å². The minimum atomic E-state index is -0.873. The molecule has 0 saturated carbocycles. The molecule has 1 amide bonds. The molecule has 0 radical (unpaired) electrons. The van der Waals surface area contributed by atoms with Crippen molar-refractivity contribution < 1.29 is 14.3 Å².